The Morgan fingerprint density at radius 3 is 2.60 bits per heavy atom. The zero-order valence-corrected chi connectivity index (χ0v) is 9.63. The maximum Gasteiger partial charge on any atom is 0.128 e. The Kier molecular flexibility index (Phi) is 4.09. The molecule has 0 bridgehead atoms. The fourth-order valence-corrected chi connectivity index (χ4v) is 1.55. The molecule has 0 atom stereocenters. The number of nitrogens with two attached hydrogens (primary N) is 1. The van der Waals surface area contributed by atoms with Crippen LogP contribution in [-0.4, -0.2) is 19.6 Å². The summed E-state index contributed by atoms with van der Waals surface area (Å²) in [5.74, 6) is -0.162. The largest absolute Gasteiger partial charge is 0.372 e. The third kappa shape index (κ3) is 2.69. The van der Waals surface area contributed by atoms with Gasteiger partial charge in [-0.3, -0.25) is 0 Å². The highest BCUT2D eigenvalue weighted by atomic mass is 19.1. The molecule has 0 unspecified atom stereocenters. The standard InChI is InChI=1S/C12H19FN2/c1-9(2)15(3)12-6-4-5-11(13)10(12)7-8-14/h4-6,9H,7-8,14H2,1-3H3. The molecule has 84 valence electrons. The lowest BCUT2D eigenvalue weighted by Crippen LogP contribution is -2.27. The van der Waals surface area contributed by atoms with Gasteiger partial charge in [-0.25, -0.2) is 4.39 Å². The number of anilines is 1. The molecule has 0 aliphatic carbocycles. The van der Waals surface area contributed by atoms with Crippen LogP contribution in [0.15, 0.2) is 18.2 Å². The molecule has 0 fully saturated rings. The highest BCUT2D eigenvalue weighted by molar-refractivity contribution is 5.54. The molecule has 2 nitrogen and oxygen atoms in total. The van der Waals surface area contributed by atoms with Gasteiger partial charge in [-0.2, -0.15) is 0 Å². The van der Waals surface area contributed by atoms with Crippen LogP contribution in [0.25, 0.3) is 0 Å². The van der Waals surface area contributed by atoms with Gasteiger partial charge in [0.25, 0.3) is 0 Å². The minimum Gasteiger partial charge on any atom is -0.372 e. The second-order valence-electron chi connectivity index (χ2n) is 3.98. The molecule has 0 saturated carbocycles. The average molecular weight is 210 g/mol. The van der Waals surface area contributed by atoms with E-state index in [1.165, 1.54) is 6.07 Å². The van der Waals surface area contributed by atoms with Crippen molar-refractivity contribution in [1.29, 1.82) is 0 Å². The summed E-state index contributed by atoms with van der Waals surface area (Å²) >= 11 is 0. The van der Waals surface area contributed by atoms with Crippen LogP contribution in [0.5, 0.6) is 0 Å². The summed E-state index contributed by atoms with van der Waals surface area (Å²) in [6.07, 6.45) is 0.582. The molecule has 15 heavy (non-hydrogen) atoms. The quantitative estimate of drug-likeness (QED) is 0.825. The van der Waals surface area contributed by atoms with Crippen LogP contribution in [0.4, 0.5) is 10.1 Å². The second-order valence-corrected chi connectivity index (χ2v) is 3.98. The lowest BCUT2D eigenvalue weighted by atomic mass is 10.1. The van der Waals surface area contributed by atoms with Gasteiger partial charge in [0.15, 0.2) is 0 Å². The van der Waals surface area contributed by atoms with Gasteiger partial charge in [0, 0.05) is 24.3 Å². The fourth-order valence-electron chi connectivity index (χ4n) is 1.55. The van der Waals surface area contributed by atoms with Crippen molar-refractivity contribution in [3.63, 3.8) is 0 Å². The van der Waals surface area contributed by atoms with Crippen LogP contribution >= 0.6 is 0 Å². The second kappa shape index (κ2) is 5.12. The number of nitrogens with zero attached hydrogens (tertiary/aromatic N) is 1. The summed E-state index contributed by atoms with van der Waals surface area (Å²) in [5, 5.41) is 0. The average Bonchev–Trinajstić information content (AvgIpc) is 2.20. The van der Waals surface area contributed by atoms with Crippen molar-refractivity contribution in [2.24, 2.45) is 5.73 Å². The molecule has 0 saturated heterocycles. The first kappa shape index (κ1) is 12.0. The minimum absolute atomic E-state index is 0.162. The van der Waals surface area contributed by atoms with Crippen LogP contribution in [0.2, 0.25) is 0 Å². The SMILES string of the molecule is CC(C)N(C)c1cccc(F)c1CCN. The summed E-state index contributed by atoms with van der Waals surface area (Å²) in [5.41, 5.74) is 7.15. The molecule has 0 heterocycles. The maximum atomic E-state index is 13.6. The Morgan fingerprint density at radius 2 is 2.07 bits per heavy atom. The molecule has 0 amide bonds. The van der Waals surface area contributed by atoms with E-state index in [0.717, 1.165) is 11.3 Å². The Labute approximate surface area is 90.9 Å². The highest BCUT2D eigenvalue weighted by Crippen LogP contribution is 2.23. The van der Waals surface area contributed by atoms with E-state index < -0.39 is 0 Å². The van der Waals surface area contributed by atoms with Gasteiger partial charge in [0.1, 0.15) is 5.82 Å². The molecule has 1 aromatic rings. The van der Waals surface area contributed by atoms with Gasteiger partial charge in [-0.15, -0.1) is 0 Å². The van der Waals surface area contributed by atoms with Gasteiger partial charge in [0.05, 0.1) is 0 Å². The van der Waals surface area contributed by atoms with Crippen LogP contribution in [0.3, 0.4) is 0 Å². The molecule has 2 N–H and O–H groups in total. The van der Waals surface area contributed by atoms with Gasteiger partial charge in [0.2, 0.25) is 0 Å². The van der Waals surface area contributed by atoms with E-state index >= 15 is 0 Å². The topological polar surface area (TPSA) is 29.3 Å². The van der Waals surface area contributed by atoms with Gasteiger partial charge < -0.3 is 10.6 Å². The first-order chi connectivity index (χ1) is 7.07. The molecule has 0 spiro atoms. The summed E-state index contributed by atoms with van der Waals surface area (Å²) < 4.78 is 13.6. The molecule has 3 heteroatoms. The molecule has 1 aromatic carbocycles. The Morgan fingerprint density at radius 1 is 1.40 bits per heavy atom. The first-order valence-corrected chi connectivity index (χ1v) is 5.28. The zero-order chi connectivity index (χ0) is 11.4. The molecule has 1 rings (SSSR count). The fraction of sp³-hybridized carbons (Fsp3) is 0.500. The van der Waals surface area contributed by atoms with Crippen molar-refractivity contribution < 1.29 is 4.39 Å². The lowest BCUT2D eigenvalue weighted by Gasteiger charge is -2.26. The Hall–Kier alpha value is -1.09. The van der Waals surface area contributed by atoms with E-state index in [9.17, 15) is 4.39 Å². The van der Waals surface area contributed by atoms with E-state index in [1.54, 1.807) is 6.07 Å². The Bertz CT molecular complexity index is 323. The van der Waals surface area contributed by atoms with Crippen LogP contribution < -0.4 is 10.6 Å². The van der Waals surface area contributed by atoms with Crippen molar-refractivity contribution in [1.82, 2.24) is 0 Å². The molecule has 0 aliphatic heterocycles. The molecule has 0 radical (unpaired) electrons. The maximum absolute atomic E-state index is 13.6. The number of rotatable bonds is 4. The van der Waals surface area contributed by atoms with Gasteiger partial charge in [-0.05, 0) is 38.9 Å². The molecule has 0 aliphatic rings. The number of benzene rings is 1. The van der Waals surface area contributed by atoms with E-state index in [4.69, 9.17) is 5.73 Å². The first-order valence-electron chi connectivity index (χ1n) is 5.28. The predicted molar refractivity (Wildman–Crippen MR) is 62.7 cm³/mol. The number of hydrogen-bond acceptors (Lipinski definition) is 2. The van der Waals surface area contributed by atoms with Crippen molar-refractivity contribution >= 4 is 5.69 Å². The third-order valence-electron chi connectivity index (χ3n) is 2.64. The summed E-state index contributed by atoms with van der Waals surface area (Å²) in [6, 6.07) is 5.52. The van der Waals surface area contributed by atoms with Crippen LogP contribution in [0.1, 0.15) is 19.4 Å². The number of halogens is 1. The van der Waals surface area contributed by atoms with Crippen molar-refractivity contribution in [2.75, 3.05) is 18.5 Å². The van der Waals surface area contributed by atoms with Crippen molar-refractivity contribution in [3.8, 4) is 0 Å². The summed E-state index contributed by atoms with van der Waals surface area (Å²) in [7, 11) is 1.97. The van der Waals surface area contributed by atoms with Crippen LogP contribution in [0, 0.1) is 5.82 Å². The molecular formula is C12H19FN2. The molecule has 0 aromatic heterocycles. The monoisotopic (exact) mass is 210 g/mol. The highest BCUT2D eigenvalue weighted by Gasteiger charge is 2.12. The van der Waals surface area contributed by atoms with Gasteiger partial charge >= 0.3 is 0 Å². The van der Waals surface area contributed by atoms with Crippen molar-refractivity contribution in [3.05, 3.63) is 29.6 Å². The van der Waals surface area contributed by atoms with E-state index in [0.29, 0.717) is 19.0 Å². The predicted octanol–water partition coefficient (Wildman–Crippen LogP) is 2.17. The van der Waals surface area contributed by atoms with E-state index in [1.807, 2.05) is 13.1 Å². The summed E-state index contributed by atoms with van der Waals surface area (Å²) in [4.78, 5) is 2.06. The van der Waals surface area contributed by atoms with Crippen molar-refractivity contribution in [2.45, 2.75) is 26.3 Å². The zero-order valence-electron chi connectivity index (χ0n) is 9.63. The normalized spacial score (nSPS) is 10.8. The van der Waals surface area contributed by atoms with Crippen LogP contribution in [-0.2, 0) is 6.42 Å². The smallest absolute Gasteiger partial charge is 0.128 e. The minimum atomic E-state index is -0.162. The summed E-state index contributed by atoms with van der Waals surface area (Å²) in [6.45, 7) is 4.63. The molecular weight excluding hydrogens is 191 g/mol. The van der Waals surface area contributed by atoms with E-state index in [-0.39, 0.29) is 5.82 Å². The Balaban J connectivity index is 3.10. The third-order valence-corrected chi connectivity index (χ3v) is 2.64. The number of hydrogen-bond donors (Lipinski definition) is 1. The van der Waals surface area contributed by atoms with Gasteiger partial charge in [-0.1, -0.05) is 6.07 Å². The lowest BCUT2D eigenvalue weighted by molar-refractivity contribution is 0.606. The van der Waals surface area contributed by atoms with E-state index in [2.05, 4.69) is 18.7 Å².